The van der Waals surface area contributed by atoms with Crippen molar-refractivity contribution >= 4 is 6.41 Å². The van der Waals surface area contributed by atoms with E-state index in [1.54, 1.807) is 6.07 Å². The first-order valence-corrected chi connectivity index (χ1v) is 3.07. The van der Waals surface area contributed by atoms with Crippen LogP contribution < -0.4 is 0 Å². The van der Waals surface area contributed by atoms with Crippen molar-refractivity contribution in [2.45, 2.75) is 18.4 Å². The first-order chi connectivity index (χ1) is 5.09. The number of carbonyl (C=O) groups is 1. The zero-order valence-electron chi connectivity index (χ0n) is 5.63. The van der Waals surface area contributed by atoms with E-state index in [1.165, 1.54) is 0 Å². The van der Waals surface area contributed by atoms with Gasteiger partial charge in [0.25, 0.3) is 5.92 Å². The summed E-state index contributed by atoms with van der Waals surface area (Å²) in [6.45, 7) is -0.630. The van der Waals surface area contributed by atoms with Gasteiger partial charge in [-0.15, -0.1) is 0 Å². The summed E-state index contributed by atoms with van der Waals surface area (Å²) >= 11 is 0. The third-order valence-electron chi connectivity index (χ3n) is 1.59. The van der Waals surface area contributed by atoms with E-state index >= 15 is 0 Å². The normalized spacial score (nSPS) is 28.1. The van der Waals surface area contributed by atoms with Crippen molar-refractivity contribution in [2.24, 2.45) is 0 Å². The Balaban J connectivity index is 2.71. The lowest BCUT2D eigenvalue weighted by Crippen LogP contribution is -2.27. The molecule has 60 valence electrons. The number of carbonyl (C=O) groups excluding carboxylic acids is 1. The van der Waals surface area contributed by atoms with Gasteiger partial charge in [-0.25, -0.2) is 8.78 Å². The van der Waals surface area contributed by atoms with Gasteiger partial charge in [0.1, 0.15) is 6.04 Å². The van der Waals surface area contributed by atoms with E-state index in [1.807, 2.05) is 0 Å². The molecule has 0 aliphatic carbocycles. The van der Waals surface area contributed by atoms with E-state index in [-0.39, 0.29) is 6.41 Å². The lowest BCUT2D eigenvalue weighted by Gasteiger charge is -2.10. The summed E-state index contributed by atoms with van der Waals surface area (Å²) in [5.74, 6) is -2.89. The number of alkyl halides is 2. The maximum absolute atomic E-state index is 12.5. The summed E-state index contributed by atoms with van der Waals surface area (Å²) < 4.78 is 24.9. The van der Waals surface area contributed by atoms with Gasteiger partial charge in [-0.1, -0.05) is 0 Å². The number of likely N-dealkylation sites (tertiary alicyclic amines) is 1. The lowest BCUT2D eigenvalue weighted by molar-refractivity contribution is -0.119. The summed E-state index contributed by atoms with van der Waals surface area (Å²) in [5, 5.41) is 8.32. The molecule has 1 amide bonds. The Morgan fingerprint density at radius 1 is 1.73 bits per heavy atom. The standard InChI is InChI=1S/C6H6F2N2O/c7-6(8)1-5(2-9)10(3-6)4-11/h4-5H,1,3H2. The molecule has 0 aromatic carbocycles. The Morgan fingerprint density at radius 2 is 2.36 bits per heavy atom. The molecule has 1 aliphatic rings. The number of hydrogen-bond acceptors (Lipinski definition) is 2. The van der Waals surface area contributed by atoms with Gasteiger partial charge in [-0.3, -0.25) is 4.79 Å². The van der Waals surface area contributed by atoms with Crippen LogP contribution in [0.15, 0.2) is 0 Å². The molecule has 1 aliphatic heterocycles. The van der Waals surface area contributed by atoms with Crippen LogP contribution in [0.5, 0.6) is 0 Å². The molecule has 1 saturated heterocycles. The van der Waals surface area contributed by atoms with Crippen molar-refractivity contribution in [3.05, 3.63) is 0 Å². The molecule has 1 fully saturated rings. The van der Waals surface area contributed by atoms with E-state index in [0.29, 0.717) is 0 Å². The highest BCUT2D eigenvalue weighted by Crippen LogP contribution is 2.30. The van der Waals surface area contributed by atoms with Gasteiger partial charge in [-0.2, -0.15) is 5.26 Å². The monoisotopic (exact) mass is 160 g/mol. The van der Waals surface area contributed by atoms with E-state index in [9.17, 15) is 13.6 Å². The quantitative estimate of drug-likeness (QED) is 0.520. The third kappa shape index (κ3) is 1.45. The van der Waals surface area contributed by atoms with Crippen LogP contribution in [0.2, 0.25) is 0 Å². The molecule has 1 heterocycles. The summed E-state index contributed by atoms with van der Waals surface area (Å²) in [6.07, 6.45) is -0.253. The van der Waals surface area contributed by atoms with Crippen LogP contribution >= 0.6 is 0 Å². The van der Waals surface area contributed by atoms with Gasteiger partial charge < -0.3 is 4.90 Å². The Kier molecular flexibility index (Phi) is 1.77. The van der Waals surface area contributed by atoms with Crippen molar-refractivity contribution in [1.82, 2.24) is 4.90 Å². The van der Waals surface area contributed by atoms with Crippen LogP contribution in [-0.2, 0) is 4.79 Å². The Hall–Kier alpha value is -1.18. The fraction of sp³-hybridized carbons (Fsp3) is 0.667. The largest absolute Gasteiger partial charge is 0.323 e. The Bertz CT molecular complexity index is 211. The molecular formula is C6H6F2N2O. The number of hydrogen-bond donors (Lipinski definition) is 0. The summed E-state index contributed by atoms with van der Waals surface area (Å²) in [4.78, 5) is 10.9. The van der Waals surface area contributed by atoms with Crippen LogP contribution in [0.1, 0.15) is 6.42 Å². The number of nitriles is 1. The topological polar surface area (TPSA) is 44.1 Å². The van der Waals surface area contributed by atoms with E-state index in [2.05, 4.69) is 0 Å². The van der Waals surface area contributed by atoms with Crippen molar-refractivity contribution in [2.75, 3.05) is 6.54 Å². The fourth-order valence-corrected chi connectivity index (χ4v) is 1.07. The summed E-state index contributed by atoms with van der Waals surface area (Å²) in [7, 11) is 0. The summed E-state index contributed by atoms with van der Waals surface area (Å²) in [5.41, 5.74) is 0. The fourth-order valence-electron chi connectivity index (χ4n) is 1.07. The molecule has 0 radical (unpaired) electrons. The zero-order valence-corrected chi connectivity index (χ0v) is 5.63. The molecule has 0 N–H and O–H groups in total. The molecule has 0 spiro atoms. The Morgan fingerprint density at radius 3 is 2.73 bits per heavy atom. The molecule has 0 bridgehead atoms. The summed E-state index contributed by atoms with van der Waals surface area (Å²) in [6, 6.07) is 0.679. The molecule has 0 saturated carbocycles. The molecule has 5 heteroatoms. The highest BCUT2D eigenvalue weighted by atomic mass is 19.3. The minimum Gasteiger partial charge on any atom is -0.323 e. The molecule has 1 rings (SSSR count). The predicted molar refractivity (Wildman–Crippen MR) is 31.7 cm³/mol. The van der Waals surface area contributed by atoms with Gasteiger partial charge >= 0.3 is 0 Å². The SMILES string of the molecule is N#CC1CC(F)(F)CN1C=O. The molecular weight excluding hydrogens is 154 g/mol. The highest BCUT2D eigenvalue weighted by molar-refractivity contribution is 5.50. The van der Waals surface area contributed by atoms with Gasteiger partial charge in [-0.05, 0) is 0 Å². The molecule has 1 unspecified atom stereocenters. The van der Waals surface area contributed by atoms with Crippen LogP contribution in [0.3, 0.4) is 0 Å². The van der Waals surface area contributed by atoms with E-state index in [0.717, 1.165) is 4.90 Å². The first-order valence-electron chi connectivity index (χ1n) is 3.07. The maximum Gasteiger partial charge on any atom is 0.268 e. The molecule has 1 atom stereocenters. The average molecular weight is 160 g/mol. The van der Waals surface area contributed by atoms with Crippen LogP contribution in [0.25, 0.3) is 0 Å². The smallest absolute Gasteiger partial charge is 0.268 e. The van der Waals surface area contributed by atoms with Gasteiger partial charge in [0.15, 0.2) is 0 Å². The van der Waals surface area contributed by atoms with Crippen molar-refractivity contribution in [3.63, 3.8) is 0 Å². The second kappa shape index (κ2) is 2.46. The minimum atomic E-state index is -2.89. The van der Waals surface area contributed by atoms with Crippen molar-refractivity contribution < 1.29 is 13.6 Å². The lowest BCUT2D eigenvalue weighted by atomic mass is 10.2. The third-order valence-corrected chi connectivity index (χ3v) is 1.59. The van der Waals surface area contributed by atoms with Crippen LogP contribution in [0.4, 0.5) is 8.78 Å². The predicted octanol–water partition coefficient (Wildman–Crippen LogP) is 0.376. The average Bonchev–Trinajstić information content (AvgIpc) is 2.25. The number of nitrogens with zero attached hydrogens (tertiary/aromatic N) is 2. The first kappa shape index (κ1) is 7.92. The van der Waals surface area contributed by atoms with E-state index < -0.39 is 24.9 Å². The Labute approximate surface area is 62.2 Å². The van der Waals surface area contributed by atoms with Gasteiger partial charge in [0, 0.05) is 6.42 Å². The second-order valence-electron chi connectivity index (χ2n) is 2.48. The minimum absolute atomic E-state index is 0.287. The number of halogens is 2. The molecule has 3 nitrogen and oxygen atoms in total. The van der Waals surface area contributed by atoms with Crippen molar-refractivity contribution in [3.8, 4) is 6.07 Å². The van der Waals surface area contributed by atoms with E-state index in [4.69, 9.17) is 5.26 Å². The zero-order chi connectivity index (χ0) is 8.48. The van der Waals surface area contributed by atoms with Crippen LogP contribution in [0, 0.1) is 11.3 Å². The van der Waals surface area contributed by atoms with Crippen molar-refractivity contribution in [1.29, 1.82) is 5.26 Å². The highest BCUT2D eigenvalue weighted by Gasteiger charge is 2.44. The van der Waals surface area contributed by atoms with Gasteiger partial charge in [0.2, 0.25) is 6.41 Å². The molecule has 0 aromatic heterocycles. The molecule has 0 aromatic rings. The maximum atomic E-state index is 12.5. The van der Waals surface area contributed by atoms with Gasteiger partial charge in [0.05, 0.1) is 12.6 Å². The molecule has 11 heavy (non-hydrogen) atoms. The van der Waals surface area contributed by atoms with Crippen LogP contribution in [-0.4, -0.2) is 29.8 Å². The number of amides is 1. The second-order valence-corrected chi connectivity index (χ2v) is 2.48. The number of rotatable bonds is 1.